The summed E-state index contributed by atoms with van der Waals surface area (Å²) in [5.41, 5.74) is 1.31. The molecular weight excluding hydrogens is 454 g/mol. The lowest BCUT2D eigenvalue weighted by Gasteiger charge is -2.16. The summed E-state index contributed by atoms with van der Waals surface area (Å²) in [6.07, 6.45) is 0.115. The number of sulfone groups is 1. The second kappa shape index (κ2) is 8.26. The first-order chi connectivity index (χ1) is 15.5. The number of halogens is 2. The topological polar surface area (TPSA) is 94.5 Å². The lowest BCUT2D eigenvalue weighted by molar-refractivity contribution is -0.137. The van der Waals surface area contributed by atoms with Crippen LogP contribution in [0.3, 0.4) is 0 Å². The Morgan fingerprint density at radius 2 is 1.85 bits per heavy atom. The van der Waals surface area contributed by atoms with Crippen molar-refractivity contribution in [1.82, 2.24) is 9.88 Å². The predicted molar refractivity (Wildman–Crippen MR) is 116 cm³/mol. The normalized spacial score (nSPS) is 17.2. The fourth-order valence-corrected chi connectivity index (χ4v) is 5.54. The average Bonchev–Trinajstić information content (AvgIpc) is 3.36. The van der Waals surface area contributed by atoms with Gasteiger partial charge in [0.25, 0.3) is 5.91 Å². The van der Waals surface area contributed by atoms with Gasteiger partial charge in [0.2, 0.25) is 0 Å². The van der Waals surface area contributed by atoms with Gasteiger partial charge in [-0.1, -0.05) is 12.1 Å². The van der Waals surface area contributed by atoms with Crippen LogP contribution in [0.5, 0.6) is 0 Å². The molecule has 1 amide bonds. The smallest absolute Gasteiger partial charge is 0.324 e. The van der Waals surface area contributed by atoms with Crippen molar-refractivity contribution < 1.29 is 31.5 Å². The highest BCUT2D eigenvalue weighted by Gasteiger charge is 2.39. The molecule has 0 radical (unpaired) electrons. The molecule has 1 fully saturated rings. The molecular formula is C23H22F2N2O5S. The van der Waals surface area contributed by atoms with E-state index in [2.05, 4.69) is 5.32 Å². The second-order valence-electron chi connectivity index (χ2n) is 8.10. The van der Waals surface area contributed by atoms with Gasteiger partial charge in [0, 0.05) is 18.9 Å². The number of esters is 1. The number of nitrogens with zero attached hydrogens (tertiary/aromatic N) is 1. The standard InChI is InChI=1S/C23H22F2N2O5S/c1-12-10-17-16(21(25)20(12)24)11-18(27(17)3)22(28)26-13(2)14-4-6-15(7-5-14)33(30,31)19-8-9-32-23(19)29/h4-7,10-11,13,19H,8-9H2,1-3H3,(H,26,28)/t13-,19?/m1/s1. The van der Waals surface area contributed by atoms with Crippen LogP contribution in [-0.4, -0.2) is 36.7 Å². The molecule has 1 aromatic heterocycles. The van der Waals surface area contributed by atoms with Crippen molar-refractivity contribution in [3.63, 3.8) is 0 Å². The molecule has 1 N–H and O–H groups in total. The van der Waals surface area contributed by atoms with Gasteiger partial charge in [0.1, 0.15) is 5.69 Å². The van der Waals surface area contributed by atoms with E-state index < -0.39 is 44.6 Å². The Balaban J connectivity index is 1.55. The van der Waals surface area contributed by atoms with E-state index in [-0.39, 0.29) is 34.6 Å². The lowest BCUT2D eigenvalue weighted by atomic mass is 10.1. The molecule has 10 heteroatoms. The van der Waals surface area contributed by atoms with Crippen LogP contribution in [0.2, 0.25) is 0 Å². The van der Waals surface area contributed by atoms with E-state index in [1.165, 1.54) is 35.8 Å². The van der Waals surface area contributed by atoms with Crippen LogP contribution < -0.4 is 5.32 Å². The number of carbonyl (C=O) groups is 2. The highest BCUT2D eigenvalue weighted by Crippen LogP contribution is 2.27. The minimum absolute atomic E-state index is 0.00446. The molecule has 1 aliphatic rings. The first-order valence-electron chi connectivity index (χ1n) is 10.3. The Kier molecular flexibility index (Phi) is 5.73. The van der Waals surface area contributed by atoms with E-state index in [0.29, 0.717) is 11.1 Å². The summed E-state index contributed by atoms with van der Waals surface area (Å²) in [5, 5.41) is 1.59. The van der Waals surface area contributed by atoms with Crippen LogP contribution in [0.4, 0.5) is 8.78 Å². The minimum Gasteiger partial charge on any atom is -0.465 e. The summed E-state index contributed by atoms with van der Waals surface area (Å²) in [4.78, 5) is 24.5. The SMILES string of the molecule is Cc1cc2c(cc(C(=O)N[C@H](C)c3ccc(S(=O)(=O)C4CCOC4=O)cc3)n2C)c(F)c1F. The third-order valence-corrected chi connectivity index (χ3v) is 8.07. The number of amides is 1. The molecule has 2 aromatic carbocycles. The minimum atomic E-state index is -3.86. The van der Waals surface area contributed by atoms with Crippen LogP contribution in [0.25, 0.3) is 10.9 Å². The highest BCUT2D eigenvalue weighted by atomic mass is 32.2. The molecule has 3 aromatic rings. The van der Waals surface area contributed by atoms with E-state index in [4.69, 9.17) is 4.74 Å². The molecule has 4 rings (SSSR count). The fourth-order valence-electron chi connectivity index (χ4n) is 3.97. The zero-order valence-corrected chi connectivity index (χ0v) is 19.0. The number of ether oxygens (including phenoxy) is 1. The summed E-state index contributed by atoms with van der Waals surface area (Å²) in [6.45, 7) is 3.24. The van der Waals surface area contributed by atoms with Crippen molar-refractivity contribution in [2.45, 2.75) is 36.5 Å². The lowest BCUT2D eigenvalue weighted by Crippen LogP contribution is -2.28. The number of nitrogens with one attached hydrogen (secondary N) is 1. The van der Waals surface area contributed by atoms with Gasteiger partial charge in [0.05, 0.1) is 23.1 Å². The molecule has 174 valence electrons. The van der Waals surface area contributed by atoms with Gasteiger partial charge in [-0.3, -0.25) is 9.59 Å². The third kappa shape index (κ3) is 3.88. The van der Waals surface area contributed by atoms with Crippen LogP contribution in [0.15, 0.2) is 41.3 Å². The molecule has 1 unspecified atom stereocenters. The van der Waals surface area contributed by atoms with Gasteiger partial charge < -0.3 is 14.6 Å². The maximum absolute atomic E-state index is 14.3. The van der Waals surface area contributed by atoms with E-state index >= 15 is 0 Å². The van der Waals surface area contributed by atoms with Crippen molar-refractivity contribution in [3.05, 3.63) is 64.9 Å². The first kappa shape index (κ1) is 22.9. The fraction of sp³-hybridized carbons (Fsp3) is 0.304. The monoisotopic (exact) mass is 476 g/mol. The number of carbonyl (C=O) groups excluding carboxylic acids is 2. The van der Waals surface area contributed by atoms with Crippen molar-refractivity contribution in [1.29, 1.82) is 0 Å². The number of benzene rings is 2. The molecule has 2 atom stereocenters. The van der Waals surface area contributed by atoms with E-state index in [1.54, 1.807) is 26.1 Å². The summed E-state index contributed by atoms with van der Waals surface area (Å²) >= 11 is 0. The average molecular weight is 477 g/mol. The zero-order chi connectivity index (χ0) is 24.1. The molecule has 2 heterocycles. The Morgan fingerprint density at radius 3 is 2.45 bits per heavy atom. The highest BCUT2D eigenvalue weighted by molar-refractivity contribution is 7.92. The Bertz CT molecular complexity index is 1380. The van der Waals surface area contributed by atoms with Gasteiger partial charge in [-0.2, -0.15) is 0 Å². The van der Waals surface area contributed by atoms with E-state index in [0.717, 1.165) is 0 Å². The Labute approximate surface area is 189 Å². The predicted octanol–water partition coefficient (Wildman–Crippen LogP) is 3.35. The van der Waals surface area contributed by atoms with Crippen molar-refractivity contribution in [3.8, 4) is 0 Å². The second-order valence-corrected chi connectivity index (χ2v) is 10.2. The van der Waals surface area contributed by atoms with Crippen LogP contribution in [0.1, 0.15) is 41.0 Å². The zero-order valence-electron chi connectivity index (χ0n) is 18.2. The van der Waals surface area contributed by atoms with E-state index in [9.17, 15) is 26.8 Å². The first-order valence-corrected chi connectivity index (χ1v) is 11.8. The third-order valence-electron chi connectivity index (χ3n) is 5.96. The maximum atomic E-state index is 14.3. The van der Waals surface area contributed by atoms with Crippen LogP contribution >= 0.6 is 0 Å². The number of cyclic esters (lactones) is 1. The van der Waals surface area contributed by atoms with Gasteiger partial charge in [0.15, 0.2) is 26.7 Å². The number of rotatable bonds is 5. The van der Waals surface area contributed by atoms with Gasteiger partial charge >= 0.3 is 5.97 Å². The molecule has 7 nitrogen and oxygen atoms in total. The van der Waals surface area contributed by atoms with Gasteiger partial charge in [-0.15, -0.1) is 0 Å². The number of hydrogen-bond donors (Lipinski definition) is 1. The number of fused-ring (bicyclic) bond motifs is 1. The van der Waals surface area contributed by atoms with Crippen LogP contribution in [-0.2, 0) is 26.4 Å². The molecule has 33 heavy (non-hydrogen) atoms. The number of aryl methyl sites for hydroxylation is 2. The van der Waals surface area contributed by atoms with Crippen molar-refractivity contribution in [2.24, 2.45) is 7.05 Å². The summed E-state index contributed by atoms with van der Waals surface area (Å²) in [5.74, 6) is -3.20. The summed E-state index contributed by atoms with van der Waals surface area (Å²) in [7, 11) is -2.27. The number of hydrogen-bond acceptors (Lipinski definition) is 5. The van der Waals surface area contributed by atoms with Crippen LogP contribution in [0, 0.1) is 18.6 Å². The van der Waals surface area contributed by atoms with Crippen molar-refractivity contribution in [2.75, 3.05) is 6.61 Å². The molecule has 1 aliphatic heterocycles. The largest absolute Gasteiger partial charge is 0.465 e. The Morgan fingerprint density at radius 1 is 1.18 bits per heavy atom. The van der Waals surface area contributed by atoms with Gasteiger partial charge in [-0.05, 0) is 49.2 Å². The Hall–Kier alpha value is -3.27. The molecule has 0 saturated carbocycles. The molecule has 1 saturated heterocycles. The van der Waals surface area contributed by atoms with E-state index in [1.807, 2.05) is 0 Å². The number of aromatic nitrogens is 1. The quantitative estimate of drug-likeness (QED) is 0.570. The summed E-state index contributed by atoms with van der Waals surface area (Å²) < 4.78 is 59.8. The molecule has 0 spiro atoms. The summed E-state index contributed by atoms with van der Waals surface area (Å²) in [6, 6.07) is 8.15. The molecule has 0 bridgehead atoms. The van der Waals surface area contributed by atoms with Crippen molar-refractivity contribution >= 4 is 32.6 Å². The molecule has 0 aliphatic carbocycles. The maximum Gasteiger partial charge on any atom is 0.324 e. The van der Waals surface area contributed by atoms with Gasteiger partial charge in [-0.25, -0.2) is 17.2 Å².